The smallest absolute Gasteiger partial charge is 0.255 e. The molecule has 2 rings (SSSR count). The summed E-state index contributed by atoms with van der Waals surface area (Å²) < 4.78 is 27.6. The third kappa shape index (κ3) is 8.86. The van der Waals surface area contributed by atoms with Gasteiger partial charge in [-0.25, -0.2) is 8.78 Å². The molecule has 7 heteroatoms. The summed E-state index contributed by atoms with van der Waals surface area (Å²) in [5.74, 6) is -1.49. The molecule has 2 aromatic rings. The van der Waals surface area contributed by atoms with Gasteiger partial charge in [0.05, 0.1) is 11.1 Å². The SMILES string of the molecule is CCC(O)CCCCC(CC)CC(=O)Cc1cc(C(=O)Nc2ccc(F)c(Cl)c2)ccc1F. The van der Waals surface area contributed by atoms with Crippen LogP contribution < -0.4 is 5.32 Å². The fourth-order valence-corrected chi connectivity index (χ4v) is 3.88. The van der Waals surface area contributed by atoms with Crippen molar-refractivity contribution in [3.05, 3.63) is 64.2 Å². The Balaban J connectivity index is 1.95. The zero-order valence-electron chi connectivity index (χ0n) is 19.2. The normalized spacial score (nSPS) is 12.9. The quantitative estimate of drug-likeness (QED) is 0.313. The molecule has 1 amide bonds. The van der Waals surface area contributed by atoms with Crippen molar-refractivity contribution in [3.8, 4) is 0 Å². The minimum Gasteiger partial charge on any atom is -0.393 e. The van der Waals surface area contributed by atoms with Crippen LogP contribution in [0.5, 0.6) is 0 Å². The first-order valence-electron chi connectivity index (χ1n) is 11.5. The van der Waals surface area contributed by atoms with Crippen molar-refractivity contribution in [2.24, 2.45) is 5.92 Å². The largest absolute Gasteiger partial charge is 0.393 e. The Morgan fingerprint density at radius 2 is 1.70 bits per heavy atom. The third-order valence-corrected chi connectivity index (χ3v) is 6.13. The molecule has 2 N–H and O–H groups in total. The zero-order chi connectivity index (χ0) is 24.4. The van der Waals surface area contributed by atoms with Crippen molar-refractivity contribution < 1.29 is 23.5 Å². The Morgan fingerprint density at radius 1 is 1.00 bits per heavy atom. The van der Waals surface area contributed by atoms with E-state index < -0.39 is 17.5 Å². The van der Waals surface area contributed by atoms with Crippen LogP contribution in [0.4, 0.5) is 14.5 Å². The molecule has 0 bridgehead atoms. The Labute approximate surface area is 199 Å². The second kappa shape index (κ2) is 13.4. The van der Waals surface area contributed by atoms with Gasteiger partial charge in [0.15, 0.2) is 0 Å². The standard InChI is InChI=1S/C26H32ClF2NO3/c1-3-17(7-5-6-8-21(31)4-2)13-22(32)15-19-14-18(9-11-24(19)28)26(33)30-20-10-12-25(29)23(27)16-20/h9-12,14,16-17,21,31H,3-8,13,15H2,1-2H3,(H,30,33). The van der Waals surface area contributed by atoms with E-state index in [1.807, 2.05) is 13.8 Å². The maximum Gasteiger partial charge on any atom is 0.255 e. The number of carbonyl (C=O) groups excluding carboxylic acids is 2. The number of carbonyl (C=O) groups is 2. The number of hydrogen-bond donors (Lipinski definition) is 2. The van der Waals surface area contributed by atoms with Gasteiger partial charge in [-0.3, -0.25) is 9.59 Å². The molecule has 33 heavy (non-hydrogen) atoms. The van der Waals surface area contributed by atoms with Crippen LogP contribution in [0.1, 0.15) is 74.7 Å². The number of amides is 1. The maximum absolute atomic E-state index is 14.3. The maximum atomic E-state index is 14.3. The van der Waals surface area contributed by atoms with Crippen LogP contribution in [0.15, 0.2) is 36.4 Å². The summed E-state index contributed by atoms with van der Waals surface area (Å²) in [4.78, 5) is 25.1. The number of ketones is 1. The summed E-state index contributed by atoms with van der Waals surface area (Å²) in [6.45, 7) is 3.99. The molecule has 4 nitrogen and oxygen atoms in total. The highest BCUT2D eigenvalue weighted by atomic mass is 35.5. The number of aliphatic hydroxyl groups excluding tert-OH is 1. The lowest BCUT2D eigenvalue weighted by Crippen LogP contribution is -2.15. The summed E-state index contributed by atoms with van der Waals surface area (Å²) in [5, 5.41) is 12.1. The van der Waals surface area contributed by atoms with Crippen LogP contribution in [0.3, 0.4) is 0 Å². The highest BCUT2D eigenvalue weighted by Gasteiger charge is 2.17. The number of hydrogen-bond acceptors (Lipinski definition) is 3. The number of anilines is 1. The van der Waals surface area contributed by atoms with Crippen LogP contribution in [-0.4, -0.2) is 22.9 Å². The van der Waals surface area contributed by atoms with Gasteiger partial charge in [-0.15, -0.1) is 0 Å². The molecule has 0 heterocycles. The molecule has 2 aromatic carbocycles. The lowest BCUT2D eigenvalue weighted by atomic mass is 9.91. The summed E-state index contributed by atoms with van der Waals surface area (Å²) in [7, 11) is 0. The van der Waals surface area contributed by atoms with E-state index in [9.17, 15) is 23.5 Å². The van der Waals surface area contributed by atoms with Gasteiger partial charge in [0.2, 0.25) is 0 Å². The number of aliphatic hydroxyl groups is 1. The number of rotatable bonds is 13. The molecule has 0 fully saturated rings. The minimum absolute atomic E-state index is 0.0720. The Morgan fingerprint density at radius 3 is 2.36 bits per heavy atom. The molecular weight excluding hydrogens is 448 g/mol. The van der Waals surface area contributed by atoms with Crippen molar-refractivity contribution in [1.82, 2.24) is 0 Å². The Kier molecular flexibility index (Phi) is 10.9. The van der Waals surface area contributed by atoms with Gasteiger partial charge in [0.25, 0.3) is 5.91 Å². The highest BCUT2D eigenvalue weighted by Crippen LogP contribution is 2.22. The average molecular weight is 480 g/mol. The monoisotopic (exact) mass is 479 g/mol. The van der Waals surface area contributed by atoms with Gasteiger partial charge in [-0.1, -0.05) is 51.1 Å². The fourth-order valence-electron chi connectivity index (χ4n) is 3.70. The van der Waals surface area contributed by atoms with Crippen molar-refractivity contribution >= 4 is 29.0 Å². The first-order chi connectivity index (χ1) is 15.7. The summed E-state index contributed by atoms with van der Waals surface area (Å²) >= 11 is 5.74. The van der Waals surface area contributed by atoms with Crippen molar-refractivity contribution in [2.75, 3.05) is 5.32 Å². The Bertz CT molecular complexity index is 951. The van der Waals surface area contributed by atoms with Gasteiger partial charge in [-0.05, 0) is 60.7 Å². The third-order valence-electron chi connectivity index (χ3n) is 5.84. The Hall–Kier alpha value is -2.31. The molecule has 0 saturated carbocycles. The number of unbranched alkanes of at least 4 members (excludes halogenated alkanes) is 1. The molecule has 0 radical (unpaired) electrons. The van der Waals surface area contributed by atoms with E-state index >= 15 is 0 Å². The van der Waals surface area contributed by atoms with E-state index in [4.69, 9.17) is 11.6 Å². The number of benzene rings is 2. The molecule has 0 aromatic heterocycles. The molecule has 2 atom stereocenters. The highest BCUT2D eigenvalue weighted by molar-refractivity contribution is 6.31. The first kappa shape index (κ1) is 26.9. The number of halogens is 3. The van der Waals surface area contributed by atoms with Crippen LogP contribution in [0, 0.1) is 17.6 Å². The predicted octanol–water partition coefficient (Wildman–Crippen LogP) is 6.73. The second-order valence-corrected chi connectivity index (χ2v) is 8.84. The number of Topliss-reactive ketones (excluding diaryl/α,β-unsaturated/α-hetero) is 1. The van der Waals surface area contributed by atoms with Gasteiger partial charge in [0, 0.05) is 24.1 Å². The number of nitrogens with one attached hydrogen (secondary N) is 1. The molecule has 0 aliphatic carbocycles. The van der Waals surface area contributed by atoms with E-state index in [-0.39, 0.29) is 40.4 Å². The van der Waals surface area contributed by atoms with Gasteiger partial charge >= 0.3 is 0 Å². The lowest BCUT2D eigenvalue weighted by Gasteiger charge is -2.15. The summed E-state index contributed by atoms with van der Waals surface area (Å²) in [5.41, 5.74) is 0.678. The van der Waals surface area contributed by atoms with Crippen LogP contribution in [0.25, 0.3) is 0 Å². The fraction of sp³-hybridized carbons (Fsp3) is 0.462. The molecule has 0 aliphatic heterocycles. The van der Waals surface area contributed by atoms with Crippen molar-refractivity contribution in [3.63, 3.8) is 0 Å². The molecule has 2 unspecified atom stereocenters. The lowest BCUT2D eigenvalue weighted by molar-refractivity contribution is -0.119. The molecule has 0 spiro atoms. The predicted molar refractivity (Wildman–Crippen MR) is 128 cm³/mol. The van der Waals surface area contributed by atoms with Crippen LogP contribution in [0.2, 0.25) is 5.02 Å². The van der Waals surface area contributed by atoms with Gasteiger partial charge in [-0.2, -0.15) is 0 Å². The first-order valence-corrected chi connectivity index (χ1v) is 11.9. The van der Waals surface area contributed by atoms with Crippen molar-refractivity contribution in [2.45, 2.75) is 71.3 Å². The van der Waals surface area contributed by atoms with Gasteiger partial charge < -0.3 is 10.4 Å². The van der Waals surface area contributed by atoms with E-state index in [0.29, 0.717) is 12.1 Å². The zero-order valence-corrected chi connectivity index (χ0v) is 19.9. The van der Waals surface area contributed by atoms with E-state index in [2.05, 4.69) is 5.32 Å². The van der Waals surface area contributed by atoms with Crippen molar-refractivity contribution in [1.29, 1.82) is 0 Å². The van der Waals surface area contributed by atoms with E-state index in [1.54, 1.807) is 0 Å². The summed E-state index contributed by atoms with van der Waals surface area (Å²) in [6, 6.07) is 7.69. The second-order valence-electron chi connectivity index (χ2n) is 8.43. The molecule has 0 saturated heterocycles. The van der Waals surface area contributed by atoms with E-state index in [0.717, 1.165) is 44.6 Å². The minimum atomic E-state index is -0.596. The van der Waals surface area contributed by atoms with Crippen LogP contribution in [-0.2, 0) is 11.2 Å². The van der Waals surface area contributed by atoms with Crippen LogP contribution >= 0.6 is 11.6 Å². The topological polar surface area (TPSA) is 66.4 Å². The molecular formula is C26H32ClF2NO3. The van der Waals surface area contributed by atoms with Gasteiger partial charge in [0.1, 0.15) is 17.4 Å². The average Bonchev–Trinajstić information content (AvgIpc) is 2.79. The van der Waals surface area contributed by atoms with E-state index in [1.165, 1.54) is 30.3 Å². The molecule has 0 aliphatic rings. The molecule has 180 valence electrons. The summed E-state index contributed by atoms with van der Waals surface area (Å²) in [6.07, 6.45) is 5.14.